The minimum absolute atomic E-state index is 0.109. The number of thiophene rings is 1. The molecule has 5 nitrogen and oxygen atoms in total. The van der Waals surface area contributed by atoms with Crippen LogP contribution >= 0.6 is 22.7 Å². The second kappa shape index (κ2) is 8.05. The number of rotatable bonds is 8. The van der Waals surface area contributed by atoms with Crippen LogP contribution in [0.15, 0.2) is 22.9 Å². The molecule has 0 aromatic carbocycles. The molecule has 0 aliphatic rings. The molecular weight excluding hydrogens is 320 g/mol. The zero-order valence-electron chi connectivity index (χ0n) is 12.2. The van der Waals surface area contributed by atoms with Crippen LogP contribution in [-0.4, -0.2) is 28.0 Å². The van der Waals surface area contributed by atoms with Gasteiger partial charge in [0.2, 0.25) is 5.91 Å². The van der Waals surface area contributed by atoms with E-state index < -0.39 is 12.0 Å². The Hall–Kier alpha value is -1.73. The molecular formula is C15H18N2O3S2. The molecule has 118 valence electrons. The Bertz CT molecular complexity index is 623. The molecule has 2 rings (SSSR count). The first-order chi connectivity index (χ1) is 10.6. The van der Waals surface area contributed by atoms with Gasteiger partial charge in [0.15, 0.2) is 0 Å². The highest BCUT2D eigenvalue weighted by Crippen LogP contribution is 2.27. The van der Waals surface area contributed by atoms with Crippen molar-refractivity contribution in [3.05, 3.63) is 28.6 Å². The molecule has 7 heteroatoms. The van der Waals surface area contributed by atoms with Gasteiger partial charge in [0.05, 0.1) is 17.0 Å². The topological polar surface area (TPSA) is 79.3 Å². The van der Waals surface area contributed by atoms with E-state index in [0.717, 1.165) is 22.7 Å². The number of hydrogen-bond acceptors (Lipinski definition) is 5. The van der Waals surface area contributed by atoms with Crippen LogP contribution in [0.25, 0.3) is 9.88 Å². The van der Waals surface area contributed by atoms with E-state index in [1.165, 1.54) is 11.3 Å². The van der Waals surface area contributed by atoms with E-state index in [4.69, 9.17) is 5.11 Å². The predicted molar refractivity (Wildman–Crippen MR) is 88.2 cm³/mol. The Kier molecular flexibility index (Phi) is 6.09. The lowest BCUT2D eigenvalue weighted by atomic mass is 10.1. The van der Waals surface area contributed by atoms with E-state index in [2.05, 4.69) is 10.3 Å². The molecule has 0 aliphatic heterocycles. The van der Waals surface area contributed by atoms with Gasteiger partial charge in [-0.1, -0.05) is 25.8 Å². The number of amides is 1. The minimum Gasteiger partial charge on any atom is -0.480 e. The summed E-state index contributed by atoms with van der Waals surface area (Å²) in [5, 5.41) is 16.4. The first-order valence-electron chi connectivity index (χ1n) is 7.10. The quantitative estimate of drug-likeness (QED) is 0.775. The Balaban J connectivity index is 1.92. The highest BCUT2D eigenvalue weighted by Gasteiger charge is 2.19. The first-order valence-corrected chi connectivity index (χ1v) is 8.86. The number of carbonyl (C=O) groups is 2. The second-order valence-electron chi connectivity index (χ2n) is 4.90. The molecule has 0 radical (unpaired) electrons. The SMILES string of the molecule is CCCCC(NC(=O)Cc1csc(-c2cccs2)n1)C(=O)O. The smallest absolute Gasteiger partial charge is 0.326 e. The number of aromatic nitrogens is 1. The van der Waals surface area contributed by atoms with E-state index in [1.807, 2.05) is 29.8 Å². The van der Waals surface area contributed by atoms with Gasteiger partial charge in [0.1, 0.15) is 11.0 Å². The maximum absolute atomic E-state index is 12.0. The normalized spacial score (nSPS) is 12.0. The van der Waals surface area contributed by atoms with Crippen molar-refractivity contribution in [3.63, 3.8) is 0 Å². The average molecular weight is 338 g/mol. The summed E-state index contributed by atoms with van der Waals surface area (Å²) >= 11 is 3.09. The lowest BCUT2D eigenvalue weighted by Crippen LogP contribution is -2.41. The Labute approximate surface area is 137 Å². The van der Waals surface area contributed by atoms with Crippen molar-refractivity contribution in [3.8, 4) is 9.88 Å². The zero-order chi connectivity index (χ0) is 15.9. The molecule has 2 heterocycles. The van der Waals surface area contributed by atoms with E-state index in [0.29, 0.717) is 12.1 Å². The first kappa shape index (κ1) is 16.6. The average Bonchev–Trinajstić information content (AvgIpc) is 3.13. The molecule has 0 fully saturated rings. The lowest BCUT2D eigenvalue weighted by Gasteiger charge is -2.13. The third kappa shape index (κ3) is 4.64. The highest BCUT2D eigenvalue weighted by molar-refractivity contribution is 7.20. The summed E-state index contributed by atoms with van der Waals surface area (Å²) in [6, 6.07) is 3.13. The Morgan fingerprint density at radius 3 is 2.86 bits per heavy atom. The molecule has 1 atom stereocenters. The fourth-order valence-corrected chi connectivity index (χ4v) is 3.61. The van der Waals surface area contributed by atoms with Gasteiger partial charge in [0.25, 0.3) is 0 Å². The van der Waals surface area contributed by atoms with Crippen molar-refractivity contribution in [2.24, 2.45) is 0 Å². The Morgan fingerprint density at radius 2 is 2.23 bits per heavy atom. The van der Waals surface area contributed by atoms with Crippen LogP contribution in [0, 0.1) is 0 Å². The van der Waals surface area contributed by atoms with Crippen LogP contribution in [0.3, 0.4) is 0 Å². The van der Waals surface area contributed by atoms with Gasteiger partial charge in [-0.2, -0.15) is 0 Å². The van der Waals surface area contributed by atoms with Crippen molar-refractivity contribution < 1.29 is 14.7 Å². The van der Waals surface area contributed by atoms with Crippen LogP contribution in [0.5, 0.6) is 0 Å². The molecule has 1 unspecified atom stereocenters. The number of carboxylic acids is 1. The number of nitrogens with one attached hydrogen (secondary N) is 1. The van der Waals surface area contributed by atoms with Crippen LogP contribution < -0.4 is 5.32 Å². The van der Waals surface area contributed by atoms with Crippen LogP contribution in [-0.2, 0) is 16.0 Å². The van der Waals surface area contributed by atoms with E-state index in [-0.39, 0.29) is 12.3 Å². The third-order valence-corrected chi connectivity index (χ3v) is 5.04. The number of nitrogens with zero attached hydrogens (tertiary/aromatic N) is 1. The third-order valence-electron chi connectivity index (χ3n) is 3.11. The summed E-state index contributed by atoms with van der Waals surface area (Å²) in [6.07, 6.45) is 2.24. The fraction of sp³-hybridized carbons (Fsp3) is 0.400. The minimum atomic E-state index is -0.987. The standard InChI is InChI=1S/C15H18N2O3S2/c1-2-3-5-11(15(19)20)17-13(18)8-10-9-22-14(16-10)12-6-4-7-21-12/h4,6-7,9,11H,2-3,5,8H2,1H3,(H,17,18)(H,19,20). The summed E-state index contributed by atoms with van der Waals surface area (Å²) in [6.45, 7) is 1.99. The van der Waals surface area contributed by atoms with Crippen molar-refractivity contribution >= 4 is 34.6 Å². The van der Waals surface area contributed by atoms with Crippen molar-refractivity contribution in [1.82, 2.24) is 10.3 Å². The number of carbonyl (C=O) groups excluding carboxylic acids is 1. The molecule has 0 spiro atoms. The Morgan fingerprint density at radius 1 is 1.41 bits per heavy atom. The second-order valence-corrected chi connectivity index (χ2v) is 6.70. The molecule has 0 aliphatic carbocycles. The number of hydrogen-bond donors (Lipinski definition) is 2. The number of thiazole rings is 1. The van der Waals surface area contributed by atoms with Crippen LogP contribution in [0.4, 0.5) is 0 Å². The zero-order valence-corrected chi connectivity index (χ0v) is 13.9. The van der Waals surface area contributed by atoms with Crippen molar-refractivity contribution in [1.29, 1.82) is 0 Å². The molecule has 0 bridgehead atoms. The maximum atomic E-state index is 12.0. The monoisotopic (exact) mass is 338 g/mol. The maximum Gasteiger partial charge on any atom is 0.326 e. The molecule has 2 N–H and O–H groups in total. The van der Waals surface area contributed by atoms with E-state index in [1.54, 1.807) is 11.3 Å². The highest BCUT2D eigenvalue weighted by atomic mass is 32.1. The van der Waals surface area contributed by atoms with Gasteiger partial charge < -0.3 is 10.4 Å². The molecule has 2 aromatic heterocycles. The molecule has 22 heavy (non-hydrogen) atoms. The summed E-state index contributed by atoms with van der Waals surface area (Å²) < 4.78 is 0. The molecule has 0 saturated carbocycles. The van der Waals surface area contributed by atoms with Gasteiger partial charge in [-0.25, -0.2) is 9.78 Å². The van der Waals surface area contributed by atoms with Crippen LogP contribution in [0.2, 0.25) is 0 Å². The molecule has 0 saturated heterocycles. The number of unbranched alkanes of at least 4 members (excludes halogenated alkanes) is 1. The number of aliphatic carboxylic acids is 1. The summed E-state index contributed by atoms with van der Waals surface area (Å²) in [7, 11) is 0. The summed E-state index contributed by atoms with van der Waals surface area (Å²) in [4.78, 5) is 28.6. The van der Waals surface area contributed by atoms with Crippen LogP contribution in [0.1, 0.15) is 31.9 Å². The van der Waals surface area contributed by atoms with Gasteiger partial charge in [-0.05, 0) is 17.9 Å². The van der Waals surface area contributed by atoms with E-state index in [9.17, 15) is 9.59 Å². The summed E-state index contributed by atoms with van der Waals surface area (Å²) in [5.41, 5.74) is 0.672. The van der Waals surface area contributed by atoms with E-state index >= 15 is 0 Å². The van der Waals surface area contributed by atoms with Crippen molar-refractivity contribution in [2.75, 3.05) is 0 Å². The van der Waals surface area contributed by atoms with Gasteiger partial charge in [-0.3, -0.25) is 4.79 Å². The molecule has 1 amide bonds. The molecule has 2 aromatic rings. The van der Waals surface area contributed by atoms with Gasteiger partial charge >= 0.3 is 5.97 Å². The summed E-state index contributed by atoms with van der Waals surface area (Å²) in [5.74, 6) is -1.29. The van der Waals surface area contributed by atoms with Gasteiger partial charge in [-0.15, -0.1) is 22.7 Å². The number of carboxylic acid groups (broad SMARTS) is 1. The lowest BCUT2D eigenvalue weighted by molar-refractivity contribution is -0.142. The predicted octanol–water partition coefficient (Wildman–Crippen LogP) is 3.17. The van der Waals surface area contributed by atoms with Gasteiger partial charge in [0, 0.05) is 5.38 Å². The van der Waals surface area contributed by atoms with Crippen molar-refractivity contribution in [2.45, 2.75) is 38.6 Å². The fourth-order valence-electron chi connectivity index (χ4n) is 1.98. The largest absolute Gasteiger partial charge is 0.480 e.